The molecule has 9 heteroatoms. The van der Waals surface area contributed by atoms with Crippen molar-refractivity contribution in [2.24, 2.45) is 0 Å². The molecule has 1 aliphatic heterocycles. The fourth-order valence-corrected chi connectivity index (χ4v) is 10.1. The summed E-state index contributed by atoms with van der Waals surface area (Å²) in [5.41, 5.74) is 0. The Morgan fingerprint density at radius 1 is 0.412 bits per heavy atom. The fourth-order valence-electron chi connectivity index (χ4n) is 10.1. The topological polar surface area (TPSA) is 149 Å². The Bertz CT molecular complexity index is 1850. The second-order valence-corrected chi connectivity index (χ2v) is 23.2. The maximum atomic E-state index is 13.1. The van der Waals surface area contributed by atoms with Crippen LogP contribution in [0.1, 0.15) is 271 Å². The third-order valence-electron chi connectivity index (χ3n) is 15.5. The van der Waals surface area contributed by atoms with E-state index in [1.165, 1.54) is 128 Å². The summed E-state index contributed by atoms with van der Waals surface area (Å²) in [6.45, 7) is 3.71. The number of rotatable bonds is 58. The minimum Gasteiger partial charge on any atom is -0.394 e. The zero-order valence-electron chi connectivity index (χ0n) is 54.1. The molecule has 9 nitrogen and oxygen atoms in total. The Kier molecular flexibility index (Phi) is 58.7. The summed E-state index contributed by atoms with van der Waals surface area (Å²) in [6.07, 6.45) is 90.4. The minimum atomic E-state index is -1.57. The van der Waals surface area contributed by atoms with Gasteiger partial charge in [-0.15, -0.1) is 0 Å². The summed E-state index contributed by atoms with van der Waals surface area (Å²) in [6, 6.07) is -0.755. The number of unbranched alkanes of at least 4 members (excludes halogenated alkanes) is 24. The smallest absolute Gasteiger partial charge is 0.220 e. The molecule has 85 heavy (non-hydrogen) atoms. The molecule has 484 valence electrons. The number of aliphatic hydroxyl groups is 5. The van der Waals surface area contributed by atoms with E-state index in [4.69, 9.17) is 9.47 Å². The number of allylic oxidation sites excluding steroid dienone is 24. The molecular weight excluding hydrogens is 1050 g/mol. The maximum Gasteiger partial charge on any atom is 0.220 e. The van der Waals surface area contributed by atoms with E-state index in [1.807, 2.05) is 0 Å². The highest BCUT2D eigenvalue weighted by Crippen LogP contribution is 2.23. The van der Waals surface area contributed by atoms with Crippen LogP contribution < -0.4 is 5.32 Å². The number of aliphatic hydroxyl groups excluding tert-OH is 5. The number of carbonyl (C=O) groups excluding carboxylic acids is 1. The van der Waals surface area contributed by atoms with Crippen LogP contribution in [0.3, 0.4) is 0 Å². The van der Waals surface area contributed by atoms with Gasteiger partial charge >= 0.3 is 0 Å². The van der Waals surface area contributed by atoms with Crippen LogP contribution in [0.15, 0.2) is 146 Å². The fraction of sp³-hybridized carbons (Fsp3) is 0.671. The van der Waals surface area contributed by atoms with Gasteiger partial charge in [-0.05, 0) is 103 Å². The zero-order valence-corrected chi connectivity index (χ0v) is 54.1. The summed E-state index contributed by atoms with van der Waals surface area (Å²) in [5, 5.41) is 54.9. The van der Waals surface area contributed by atoms with Crippen molar-refractivity contribution in [3.63, 3.8) is 0 Å². The molecule has 0 aromatic carbocycles. The molecule has 1 saturated heterocycles. The molecule has 0 bridgehead atoms. The first-order chi connectivity index (χ1) is 41.8. The van der Waals surface area contributed by atoms with Crippen molar-refractivity contribution in [2.75, 3.05) is 13.2 Å². The lowest BCUT2D eigenvalue weighted by atomic mass is 9.99. The van der Waals surface area contributed by atoms with Gasteiger partial charge in [-0.25, -0.2) is 0 Å². The van der Waals surface area contributed by atoms with Gasteiger partial charge in [0.05, 0.1) is 25.4 Å². The summed E-state index contributed by atoms with van der Waals surface area (Å²) in [7, 11) is 0. The Morgan fingerprint density at radius 3 is 1.06 bits per heavy atom. The third kappa shape index (κ3) is 51.8. The highest BCUT2D eigenvalue weighted by Gasteiger charge is 2.44. The van der Waals surface area contributed by atoms with Crippen LogP contribution >= 0.6 is 0 Å². The van der Waals surface area contributed by atoms with E-state index in [0.29, 0.717) is 19.3 Å². The van der Waals surface area contributed by atoms with Gasteiger partial charge in [-0.3, -0.25) is 4.79 Å². The molecule has 0 aliphatic carbocycles. The molecule has 6 N–H and O–H groups in total. The van der Waals surface area contributed by atoms with E-state index in [9.17, 15) is 30.3 Å². The average Bonchev–Trinajstić information content (AvgIpc) is 3.66. The number of carbonyl (C=O) groups is 1. The summed E-state index contributed by atoms with van der Waals surface area (Å²) < 4.78 is 11.3. The van der Waals surface area contributed by atoms with Crippen molar-refractivity contribution in [2.45, 2.75) is 314 Å². The second-order valence-electron chi connectivity index (χ2n) is 23.2. The molecule has 0 radical (unpaired) electrons. The van der Waals surface area contributed by atoms with Gasteiger partial charge in [0.1, 0.15) is 24.4 Å². The van der Waals surface area contributed by atoms with Gasteiger partial charge in [0.25, 0.3) is 0 Å². The van der Waals surface area contributed by atoms with Crippen LogP contribution in [0.4, 0.5) is 0 Å². The van der Waals surface area contributed by atoms with E-state index >= 15 is 0 Å². The van der Waals surface area contributed by atoms with Crippen molar-refractivity contribution in [1.82, 2.24) is 5.32 Å². The molecule has 1 heterocycles. The molecule has 1 rings (SSSR count). The van der Waals surface area contributed by atoms with Gasteiger partial charge in [0.2, 0.25) is 5.91 Å². The van der Waals surface area contributed by atoms with Gasteiger partial charge < -0.3 is 40.3 Å². The van der Waals surface area contributed by atoms with Crippen LogP contribution in [0.25, 0.3) is 0 Å². The zero-order chi connectivity index (χ0) is 61.4. The monoisotopic (exact) mass is 1180 g/mol. The van der Waals surface area contributed by atoms with Crippen molar-refractivity contribution in [3.05, 3.63) is 146 Å². The molecule has 7 unspecified atom stereocenters. The van der Waals surface area contributed by atoms with Crippen LogP contribution in [0, 0.1) is 0 Å². The first kappa shape index (κ1) is 79.1. The van der Waals surface area contributed by atoms with Crippen molar-refractivity contribution in [3.8, 4) is 0 Å². The van der Waals surface area contributed by atoms with E-state index in [-0.39, 0.29) is 12.5 Å². The number of hydrogen-bond donors (Lipinski definition) is 6. The largest absolute Gasteiger partial charge is 0.394 e. The lowest BCUT2D eigenvalue weighted by Gasteiger charge is -2.40. The molecule has 0 aromatic rings. The van der Waals surface area contributed by atoms with E-state index in [0.717, 1.165) is 109 Å². The Labute approximate surface area is 521 Å². The number of hydrogen-bond acceptors (Lipinski definition) is 8. The van der Waals surface area contributed by atoms with Crippen molar-refractivity contribution < 1.29 is 39.8 Å². The van der Waals surface area contributed by atoms with Crippen LogP contribution in [0.5, 0.6) is 0 Å². The third-order valence-corrected chi connectivity index (χ3v) is 15.5. The lowest BCUT2D eigenvalue weighted by Crippen LogP contribution is -2.60. The van der Waals surface area contributed by atoms with E-state index in [2.05, 4.69) is 165 Å². The Balaban J connectivity index is 2.20. The summed E-state index contributed by atoms with van der Waals surface area (Å²) in [5.74, 6) is -0.189. The SMILES string of the molecule is CC/C=C\C/C=C\C/C=C\C/C=C\C/C=C\C/C=C\C/C=C\C/C=C\C/C=C\C/C=C\C/C=C\C/C=C\CCCCC(=O)NC(COC1OC(CO)C(O)C(O)C1O)C(O)CCCCCCCCCCCCCCCCCCCCCCCCC. The standard InChI is InChI=1S/C76H127NO8/c1-3-5-7-9-11-13-15-17-19-21-23-25-27-28-29-30-31-32-33-34-35-36-37-38-39-40-41-42-44-46-48-50-52-54-56-58-60-62-64-66-72(80)77-69(68-84-76-75(83)74(82)73(81)71(67-78)85-76)70(79)65-63-61-59-57-55-53-51-49-47-45-43-26-24-22-20-18-16-14-12-10-8-6-4-2/h5,7,11,13,17,19,23,25,28-29,31-32,34-35,37-38,40-41,44,46,50,52,56,58,69-71,73-76,78-79,81-83H,3-4,6,8-10,12,14-16,18,20-22,24,26-27,30,33,36,39,42-43,45,47-49,51,53-55,57,59-68H2,1-2H3,(H,77,80)/b7-5-,13-11-,19-17-,25-23-,29-28-,32-31-,35-34-,38-37-,41-40-,46-44-,52-50-,58-56-. The van der Waals surface area contributed by atoms with Crippen molar-refractivity contribution >= 4 is 5.91 Å². The lowest BCUT2D eigenvalue weighted by molar-refractivity contribution is -0.302. The molecule has 0 aromatic heterocycles. The summed E-state index contributed by atoms with van der Waals surface area (Å²) >= 11 is 0. The van der Waals surface area contributed by atoms with E-state index < -0.39 is 49.5 Å². The minimum absolute atomic E-state index is 0.164. The molecule has 0 saturated carbocycles. The number of amides is 1. The molecule has 7 atom stereocenters. The highest BCUT2D eigenvalue weighted by atomic mass is 16.7. The van der Waals surface area contributed by atoms with Gasteiger partial charge in [-0.1, -0.05) is 307 Å². The Morgan fingerprint density at radius 2 is 0.729 bits per heavy atom. The average molecular weight is 1180 g/mol. The van der Waals surface area contributed by atoms with Gasteiger partial charge in [0.15, 0.2) is 6.29 Å². The van der Waals surface area contributed by atoms with E-state index in [1.54, 1.807) is 0 Å². The van der Waals surface area contributed by atoms with Crippen molar-refractivity contribution in [1.29, 1.82) is 0 Å². The Hall–Kier alpha value is -3.93. The molecule has 1 fully saturated rings. The molecular formula is C76H127NO8. The predicted octanol–water partition coefficient (Wildman–Crippen LogP) is 19.0. The van der Waals surface area contributed by atoms with Gasteiger partial charge in [0, 0.05) is 6.42 Å². The molecule has 1 amide bonds. The number of nitrogens with one attached hydrogen (secondary N) is 1. The van der Waals surface area contributed by atoms with Gasteiger partial charge in [-0.2, -0.15) is 0 Å². The molecule has 1 aliphatic rings. The van der Waals surface area contributed by atoms with Crippen LogP contribution in [-0.4, -0.2) is 87.5 Å². The predicted molar refractivity (Wildman–Crippen MR) is 363 cm³/mol. The normalized spacial score (nSPS) is 19.1. The maximum absolute atomic E-state index is 13.1. The highest BCUT2D eigenvalue weighted by molar-refractivity contribution is 5.76. The molecule has 0 spiro atoms. The quantitative estimate of drug-likeness (QED) is 0.0261. The first-order valence-electron chi connectivity index (χ1n) is 34.5. The number of ether oxygens (including phenoxy) is 2. The first-order valence-corrected chi connectivity index (χ1v) is 34.5. The second kappa shape index (κ2) is 63.1. The van der Waals surface area contributed by atoms with Crippen LogP contribution in [0.2, 0.25) is 0 Å². The summed E-state index contributed by atoms with van der Waals surface area (Å²) in [4.78, 5) is 13.1. The van der Waals surface area contributed by atoms with Crippen LogP contribution in [-0.2, 0) is 14.3 Å².